The van der Waals surface area contributed by atoms with Crippen LogP contribution in [0.15, 0.2) is 0 Å². The van der Waals surface area contributed by atoms with Crippen LogP contribution in [0.5, 0.6) is 0 Å². The van der Waals surface area contributed by atoms with Crippen molar-refractivity contribution < 1.29 is 9.72 Å². The molecule has 76 valence electrons. The van der Waals surface area contributed by atoms with Crippen molar-refractivity contribution in [2.45, 2.75) is 13.5 Å². The van der Waals surface area contributed by atoms with Gasteiger partial charge in [-0.1, -0.05) is 11.6 Å². The summed E-state index contributed by atoms with van der Waals surface area (Å²) < 4.78 is 1.10. The lowest BCUT2D eigenvalue weighted by Crippen LogP contribution is -2.20. The number of hydrogen-bond donors (Lipinski definition) is 1. The van der Waals surface area contributed by atoms with E-state index in [0.717, 1.165) is 4.68 Å². The van der Waals surface area contributed by atoms with Crippen LogP contribution in [0.1, 0.15) is 5.69 Å². The quantitative estimate of drug-likeness (QED) is 0.579. The van der Waals surface area contributed by atoms with E-state index in [-0.39, 0.29) is 11.6 Å². The maximum atomic E-state index is 10.6. The zero-order valence-corrected chi connectivity index (χ0v) is 7.98. The molecule has 0 saturated heterocycles. The summed E-state index contributed by atoms with van der Waals surface area (Å²) in [6.07, 6.45) is 0. The summed E-state index contributed by atoms with van der Waals surface area (Å²) in [5.74, 6) is -1.10. The van der Waals surface area contributed by atoms with Crippen LogP contribution in [0.25, 0.3) is 0 Å². The van der Waals surface area contributed by atoms with Crippen LogP contribution in [0.4, 0.5) is 5.82 Å². The minimum atomic E-state index is -0.715. The number of nitrogens with zero attached hydrogens (tertiary/aromatic N) is 3. The summed E-state index contributed by atoms with van der Waals surface area (Å²) in [5.41, 5.74) is 5.26. The molecule has 0 radical (unpaired) electrons. The average molecular weight is 219 g/mol. The molecule has 1 aromatic heterocycles. The Balaban J connectivity index is 3.15. The molecule has 0 atom stereocenters. The number of primary amides is 1. The highest BCUT2D eigenvalue weighted by molar-refractivity contribution is 6.33. The van der Waals surface area contributed by atoms with Gasteiger partial charge in [0.1, 0.15) is 6.54 Å². The summed E-state index contributed by atoms with van der Waals surface area (Å²) in [5, 5.41) is 13.9. The van der Waals surface area contributed by atoms with Gasteiger partial charge in [0.2, 0.25) is 5.91 Å². The van der Waals surface area contributed by atoms with E-state index in [1.165, 1.54) is 6.92 Å². The molecule has 0 aliphatic carbocycles. The first kappa shape index (κ1) is 10.5. The summed E-state index contributed by atoms with van der Waals surface area (Å²) in [6, 6.07) is 0. The number of carbonyl (C=O) groups is 1. The third-order valence-electron chi connectivity index (χ3n) is 1.60. The van der Waals surface area contributed by atoms with Gasteiger partial charge in [-0.2, -0.15) is 4.68 Å². The molecule has 7 nitrogen and oxygen atoms in total. The van der Waals surface area contributed by atoms with E-state index in [1.807, 2.05) is 0 Å². The van der Waals surface area contributed by atoms with E-state index in [4.69, 9.17) is 17.3 Å². The van der Waals surface area contributed by atoms with Crippen LogP contribution >= 0.6 is 11.6 Å². The Morgan fingerprint density at radius 1 is 1.79 bits per heavy atom. The Morgan fingerprint density at radius 2 is 2.36 bits per heavy atom. The van der Waals surface area contributed by atoms with Crippen LogP contribution < -0.4 is 5.73 Å². The Kier molecular flexibility index (Phi) is 2.70. The van der Waals surface area contributed by atoms with Gasteiger partial charge >= 0.3 is 5.82 Å². The number of amides is 1. The molecule has 0 aliphatic heterocycles. The van der Waals surface area contributed by atoms with Crippen LogP contribution in [0.2, 0.25) is 5.02 Å². The number of nitro groups is 1. The van der Waals surface area contributed by atoms with Crippen molar-refractivity contribution in [2.75, 3.05) is 0 Å². The van der Waals surface area contributed by atoms with Gasteiger partial charge in [-0.05, 0) is 11.8 Å². The van der Waals surface area contributed by atoms with Gasteiger partial charge in [-0.25, -0.2) is 0 Å². The van der Waals surface area contributed by atoms with Gasteiger partial charge in [0.15, 0.2) is 5.02 Å². The normalized spacial score (nSPS) is 10.1. The summed E-state index contributed by atoms with van der Waals surface area (Å²) in [7, 11) is 0. The highest BCUT2D eigenvalue weighted by Gasteiger charge is 2.24. The molecule has 0 unspecified atom stereocenters. The fourth-order valence-electron chi connectivity index (χ4n) is 0.927. The smallest absolute Gasteiger partial charge is 0.368 e. The molecule has 0 spiro atoms. The maximum absolute atomic E-state index is 10.6. The van der Waals surface area contributed by atoms with Gasteiger partial charge in [0.05, 0.1) is 10.8 Å². The first-order valence-electron chi connectivity index (χ1n) is 3.59. The fourth-order valence-corrected chi connectivity index (χ4v) is 1.13. The molecule has 0 bridgehead atoms. The van der Waals surface area contributed by atoms with Crippen molar-refractivity contribution in [3.8, 4) is 0 Å². The molecule has 14 heavy (non-hydrogen) atoms. The summed E-state index contributed by atoms with van der Waals surface area (Å²) >= 11 is 5.62. The molecule has 0 aromatic carbocycles. The molecule has 1 aromatic rings. The first-order chi connectivity index (χ1) is 6.43. The third-order valence-corrected chi connectivity index (χ3v) is 2.04. The van der Waals surface area contributed by atoms with Crippen molar-refractivity contribution >= 4 is 23.3 Å². The Morgan fingerprint density at radius 3 is 2.71 bits per heavy atom. The molecule has 1 rings (SSSR count). The molecule has 1 heterocycles. The van der Waals surface area contributed by atoms with Crippen LogP contribution in [0, 0.1) is 17.0 Å². The number of aromatic nitrogens is 2. The minimum absolute atomic E-state index is 0.0729. The van der Waals surface area contributed by atoms with Crippen LogP contribution in [-0.2, 0) is 11.3 Å². The second-order valence-corrected chi connectivity index (χ2v) is 2.98. The summed E-state index contributed by atoms with van der Waals surface area (Å²) in [4.78, 5) is 20.2. The zero-order valence-electron chi connectivity index (χ0n) is 7.23. The lowest BCUT2D eigenvalue weighted by atomic mass is 10.4. The fraction of sp³-hybridized carbons (Fsp3) is 0.333. The van der Waals surface area contributed by atoms with Gasteiger partial charge in [-0.15, -0.1) is 0 Å². The van der Waals surface area contributed by atoms with Gasteiger partial charge in [0, 0.05) is 0 Å². The third kappa shape index (κ3) is 1.82. The number of carbonyl (C=O) groups excluding carboxylic acids is 1. The molecule has 0 fully saturated rings. The molecule has 0 aliphatic rings. The topological polar surface area (TPSA) is 104 Å². The molecule has 1 amide bonds. The van der Waals surface area contributed by atoms with Crippen molar-refractivity contribution in [1.82, 2.24) is 9.78 Å². The van der Waals surface area contributed by atoms with Crippen molar-refractivity contribution in [3.63, 3.8) is 0 Å². The monoisotopic (exact) mass is 218 g/mol. The van der Waals surface area contributed by atoms with E-state index in [1.54, 1.807) is 0 Å². The van der Waals surface area contributed by atoms with Gasteiger partial charge < -0.3 is 15.8 Å². The Bertz CT molecular complexity index is 400. The highest BCUT2D eigenvalue weighted by atomic mass is 35.5. The maximum Gasteiger partial charge on any atom is 0.408 e. The van der Waals surface area contributed by atoms with E-state index in [9.17, 15) is 14.9 Å². The van der Waals surface area contributed by atoms with Crippen LogP contribution in [0.3, 0.4) is 0 Å². The molecular weight excluding hydrogens is 212 g/mol. The number of nitrogens with two attached hydrogens (primary N) is 1. The van der Waals surface area contributed by atoms with E-state index >= 15 is 0 Å². The second-order valence-electron chi connectivity index (χ2n) is 2.60. The lowest BCUT2D eigenvalue weighted by molar-refractivity contribution is -0.389. The standard InChI is InChI=1S/C6H7ClN4O3/c1-3-5(7)6(11(13)14)9-10(3)2-4(8)12/h2H2,1H3,(H2,8,12). The number of hydrogen-bond acceptors (Lipinski definition) is 4. The number of halogens is 1. The van der Waals surface area contributed by atoms with E-state index < -0.39 is 16.6 Å². The van der Waals surface area contributed by atoms with E-state index in [0.29, 0.717) is 5.69 Å². The summed E-state index contributed by atoms with van der Waals surface area (Å²) in [6.45, 7) is 1.30. The predicted molar refractivity (Wildman–Crippen MR) is 47.8 cm³/mol. The highest BCUT2D eigenvalue weighted by Crippen LogP contribution is 2.25. The molecule has 0 saturated carbocycles. The largest absolute Gasteiger partial charge is 0.408 e. The van der Waals surface area contributed by atoms with Crippen LogP contribution in [-0.4, -0.2) is 20.6 Å². The van der Waals surface area contributed by atoms with Crippen molar-refractivity contribution in [3.05, 3.63) is 20.8 Å². The Hall–Kier alpha value is -1.63. The van der Waals surface area contributed by atoms with Crippen molar-refractivity contribution in [1.29, 1.82) is 0 Å². The molecule has 2 N–H and O–H groups in total. The SMILES string of the molecule is Cc1c(Cl)c([N+](=O)[O-])nn1CC(N)=O. The van der Waals surface area contributed by atoms with Gasteiger partial charge in [-0.3, -0.25) is 4.79 Å². The molecule has 8 heteroatoms. The minimum Gasteiger partial charge on any atom is -0.368 e. The number of rotatable bonds is 3. The van der Waals surface area contributed by atoms with E-state index in [2.05, 4.69) is 5.10 Å². The molecular formula is C6H7ClN4O3. The van der Waals surface area contributed by atoms with Crippen molar-refractivity contribution in [2.24, 2.45) is 5.73 Å². The lowest BCUT2D eigenvalue weighted by Gasteiger charge is -1.93. The van der Waals surface area contributed by atoms with Gasteiger partial charge in [0.25, 0.3) is 0 Å². The Labute approximate surface area is 83.6 Å². The average Bonchev–Trinajstić information content (AvgIpc) is 2.32. The zero-order chi connectivity index (χ0) is 10.9. The first-order valence-corrected chi connectivity index (χ1v) is 3.97. The second kappa shape index (κ2) is 3.62. The predicted octanol–water partition coefficient (Wildman–Crippen LogP) is 0.238.